The summed E-state index contributed by atoms with van der Waals surface area (Å²) >= 11 is 0. The van der Waals surface area contributed by atoms with Gasteiger partial charge in [-0.05, 0) is 6.07 Å². The van der Waals surface area contributed by atoms with E-state index in [1.165, 1.54) is 0 Å². The number of hydrogen-bond donors (Lipinski definition) is 1. The number of nitrogens with zero attached hydrogens (tertiary/aromatic N) is 4. The Hall–Kier alpha value is -1.40. The maximum Gasteiger partial charge on any atom is 0.317 e. The summed E-state index contributed by atoms with van der Waals surface area (Å²) in [6.45, 7) is 5.58. The second kappa shape index (κ2) is 5.79. The molecule has 6 heteroatoms. The summed E-state index contributed by atoms with van der Waals surface area (Å²) in [7, 11) is 0. The molecule has 0 bridgehead atoms. The van der Waals surface area contributed by atoms with E-state index < -0.39 is 5.97 Å². The number of carboxylic acid groups (broad SMARTS) is 1. The van der Waals surface area contributed by atoms with Crippen molar-refractivity contribution in [2.45, 2.75) is 6.54 Å². The van der Waals surface area contributed by atoms with Crippen LogP contribution in [0.25, 0.3) is 0 Å². The van der Waals surface area contributed by atoms with Gasteiger partial charge in [-0.15, -0.1) is 0 Å². The first-order valence-electron chi connectivity index (χ1n) is 5.88. The molecule has 0 aromatic carbocycles. The van der Waals surface area contributed by atoms with E-state index >= 15 is 0 Å². The van der Waals surface area contributed by atoms with Gasteiger partial charge in [-0.25, -0.2) is 0 Å². The lowest BCUT2D eigenvalue weighted by atomic mass is 10.3. The molecule has 0 amide bonds. The summed E-state index contributed by atoms with van der Waals surface area (Å²) in [6, 6.07) is 1.92. The van der Waals surface area contributed by atoms with Crippen molar-refractivity contribution in [2.24, 2.45) is 0 Å². The van der Waals surface area contributed by atoms with Crippen molar-refractivity contribution in [1.29, 1.82) is 0 Å². The summed E-state index contributed by atoms with van der Waals surface area (Å²) in [5.41, 5.74) is 0. The molecule has 0 spiro atoms. The van der Waals surface area contributed by atoms with Crippen molar-refractivity contribution in [3.05, 3.63) is 18.5 Å². The number of hydrogen-bond acceptors (Lipinski definition) is 4. The Labute approximate surface area is 100 Å². The van der Waals surface area contributed by atoms with Gasteiger partial charge in [-0.1, -0.05) is 0 Å². The van der Waals surface area contributed by atoms with Crippen molar-refractivity contribution in [3.63, 3.8) is 0 Å². The van der Waals surface area contributed by atoms with Gasteiger partial charge in [0.05, 0.1) is 13.1 Å². The molecule has 0 saturated carbocycles. The molecule has 17 heavy (non-hydrogen) atoms. The fraction of sp³-hybridized carbons (Fsp3) is 0.636. The number of aromatic nitrogens is 2. The Kier molecular flexibility index (Phi) is 4.11. The molecular weight excluding hydrogens is 220 g/mol. The summed E-state index contributed by atoms with van der Waals surface area (Å²) in [6.07, 6.45) is 3.74. The van der Waals surface area contributed by atoms with Crippen LogP contribution in [0.4, 0.5) is 0 Å². The van der Waals surface area contributed by atoms with Crippen LogP contribution >= 0.6 is 0 Å². The second-order valence-electron chi connectivity index (χ2n) is 4.28. The number of carboxylic acids is 1. The van der Waals surface area contributed by atoms with Crippen LogP contribution in [0.5, 0.6) is 0 Å². The minimum atomic E-state index is -0.741. The highest BCUT2D eigenvalue weighted by Crippen LogP contribution is 2.01. The Morgan fingerprint density at radius 2 is 1.88 bits per heavy atom. The monoisotopic (exact) mass is 238 g/mol. The highest BCUT2D eigenvalue weighted by molar-refractivity contribution is 5.69. The van der Waals surface area contributed by atoms with Crippen LogP contribution in [0, 0.1) is 0 Å². The van der Waals surface area contributed by atoms with E-state index in [4.69, 9.17) is 5.11 Å². The highest BCUT2D eigenvalue weighted by atomic mass is 16.4. The van der Waals surface area contributed by atoms with Crippen molar-refractivity contribution in [3.8, 4) is 0 Å². The van der Waals surface area contributed by atoms with E-state index in [-0.39, 0.29) is 6.54 Å². The van der Waals surface area contributed by atoms with Gasteiger partial charge in [0.25, 0.3) is 0 Å². The first kappa shape index (κ1) is 12.1. The van der Waals surface area contributed by atoms with Crippen LogP contribution in [0.15, 0.2) is 18.5 Å². The predicted molar refractivity (Wildman–Crippen MR) is 62.7 cm³/mol. The summed E-state index contributed by atoms with van der Waals surface area (Å²) in [4.78, 5) is 14.9. The first-order chi connectivity index (χ1) is 8.24. The molecule has 1 aliphatic heterocycles. The lowest BCUT2D eigenvalue weighted by Crippen LogP contribution is -2.48. The third kappa shape index (κ3) is 3.83. The van der Waals surface area contributed by atoms with E-state index in [9.17, 15) is 4.79 Å². The van der Waals surface area contributed by atoms with Gasteiger partial charge in [0.2, 0.25) is 0 Å². The molecule has 1 aliphatic rings. The molecule has 0 aliphatic carbocycles. The third-order valence-corrected chi connectivity index (χ3v) is 3.03. The van der Waals surface area contributed by atoms with Crippen molar-refractivity contribution < 1.29 is 9.90 Å². The fourth-order valence-corrected chi connectivity index (χ4v) is 2.04. The second-order valence-corrected chi connectivity index (χ2v) is 4.28. The van der Waals surface area contributed by atoms with Gasteiger partial charge in [0.15, 0.2) is 0 Å². The van der Waals surface area contributed by atoms with Crippen molar-refractivity contribution in [2.75, 3.05) is 39.3 Å². The summed E-state index contributed by atoms with van der Waals surface area (Å²) < 4.78 is 1.92. The van der Waals surface area contributed by atoms with E-state index in [0.717, 1.165) is 39.3 Å². The molecule has 0 radical (unpaired) electrons. The number of piperazine rings is 1. The molecule has 2 heterocycles. The Morgan fingerprint density at radius 1 is 1.18 bits per heavy atom. The van der Waals surface area contributed by atoms with E-state index in [0.29, 0.717) is 0 Å². The molecule has 1 aromatic heterocycles. The van der Waals surface area contributed by atoms with Crippen LogP contribution in [-0.2, 0) is 11.3 Å². The molecule has 1 aromatic rings. The number of aliphatic carboxylic acids is 1. The molecule has 6 nitrogen and oxygen atoms in total. The minimum absolute atomic E-state index is 0.160. The van der Waals surface area contributed by atoms with Crippen LogP contribution < -0.4 is 0 Å². The quantitative estimate of drug-likeness (QED) is 0.755. The molecule has 1 fully saturated rings. The van der Waals surface area contributed by atoms with Crippen LogP contribution in [0.1, 0.15) is 0 Å². The lowest BCUT2D eigenvalue weighted by Gasteiger charge is -2.33. The number of rotatable bonds is 5. The number of carbonyl (C=O) groups is 1. The SMILES string of the molecule is O=C(O)CN1CCN(CCn2cccn2)CC1. The minimum Gasteiger partial charge on any atom is -0.480 e. The van der Waals surface area contributed by atoms with Crippen LogP contribution in [0.2, 0.25) is 0 Å². The third-order valence-electron chi connectivity index (χ3n) is 3.03. The topological polar surface area (TPSA) is 61.6 Å². The van der Waals surface area contributed by atoms with Gasteiger partial charge < -0.3 is 5.11 Å². The Morgan fingerprint density at radius 3 is 2.47 bits per heavy atom. The Balaban J connectivity index is 1.67. The van der Waals surface area contributed by atoms with Gasteiger partial charge in [0, 0.05) is 45.1 Å². The zero-order valence-electron chi connectivity index (χ0n) is 9.83. The normalized spacial score (nSPS) is 18.4. The summed E-state index contributed by atoms with van der Waals surface area (Å²) in [5, 5.41) is 12.8. The zero-order chi connectivity index (χ0) is 12.1. The fourth-order valence-electron chi connectivity index (χ4n) is 2.04. The highest BCUT2D eigenvalue weighted by Gasteiger charge is 2.18. The van der Waals surface area contributed by atoms with Crippen LogP contribution in [0.3, 0.4) is 0 Å². The largest absolute Gasteiger partial charge is 0.480 e. The predicted octanol–water partition coefficient (Wildman–Crippen LogP) is -0.415. The van der Waals surface area contributed by atoms with Gasteiger partial charge >= 0.3 is 5.97 Å². The van der Waals surface area contributed by atoms with Crippen LogP contribution in [-0.4, -0.2) is 69.9 Å². The van der Waals surface area contributed by atoms with Crippen molar-refractivity contribution in [1.82, 2.24) is 19.6 Å². The molecule has 1 saturated heterocycles. The smallest absolute Gasteiger partial charge is 0.317 e. The molecule has 2 rings (SSSR count). The van der Waals surface area contributed by atoms with Gasteiger partial charge in [-0.3, -0.25) is 19.3 Å². The van der Waals surface area contributed by atoms with Gasteiger partial charge in [0.1, 0.15) is 0 Å². The Bertz CT molecular complexity index is 344. The van der Waals surface area contributed by atoms with Gasteiger partial charge in [-0.2, -0.15) is 5.10 Å². The average Bonchev–Trinajstić information content (AvgIpc) is 2.80. The maximum atomic E-state index is 10.6. The zero-order valence-corrected chi connectivity index (χ0v) is 9.83. The van der Waals surface area contributed by atoms with E-state index in [1.807, 2.05) is 21.8 Å². The molecule has 0 unspecified atom stereocenters. The maximum absolute atomic E-state index is 10.6. The van der Waals surface area contributed by atoms with E-state index in [2.05, 4.69) is 10.00 Å². The van der Waals surface area contributed by atoms with E-state index in [1.54, 1.807) is 6.20 Å². The molecule has 94 valence electrons. The lowest BCUT2D eigenvalue weighted by molar-refractivity contribution is -0.138. The standard InChI is InChI=1S/C11H18N4O2/c16-11(17)10-14-6-4-13(5-7-14)8-9-15-3-1-2-12-15/h1-3H,4-10H2,(H,16,17). The molecular formula is C11H18N4O2. The molecule has 0 atom stereocenters. The average molecular weight is 238 g/mol. The first-order valence-corrected chi connectivity index (χ1v) is 5.88. The molecule has 1 N–H and O–H groups in total. The summed E-state index contributed by atoms with van der Waals surface area (Å²) in [5.74, 6) is -0.741. The van der Waals surface area contributed by atoms with Crippen molar-refractivity contribution >= 4 is 5.97 Å².